The van der Waals surface area contributed by atoms with Crippen molar-refractivity contribution in [1.29, 1.82) is 0 Å². The fourth-order valence-corrected chi connectivity index (χ4v) is 2.84. The fraction of sp³-hybridized carbons (Fsp3) is 0.211. The SMILES string of the molecule is Cc1cccc(-c2cc3ccccc3c(C)[n+]2C)c1C. The summed E-state index contributed by atoms with van der Waals surface area (Å²) in [4.78, 5) is 0. The summed E-state index contributed by atoms with van der Waals surface area (Å²) in [5.74, 6) is 0. The number of aromatic nitrogens is 1. The second kappa shape index (κ2) is 4.75. The molecule has 20 heavy (non-hydrogen) atoms. The average Bonchev–Trinajstić information content (AvgIpc) is 2.46. The number of rotatable bonds is 1. The van der Waals surface area contributed by atoms with Crippen LogP contribution in [0.15, 0.2) is 48.5 Å². The molecule has 3 aromatic rings. The standard InChI is InChI=1S/C19H20N/c1-13-8-7-11-17(14(13)2)19-12-16-9-5-6-10-18(16)15(3)20(19)4/h5-12H,1-4H3/q+1. The first-order valence-electron chi connectivity index (χ1n) is 7.04. The Morgan fingerprint density at radius 3 is 2.40 bits per heavy atom. The van der Waals surface area contributed by atoms with Crippen molar-refractivity contribution in [2.75, 3.05) is 0 Å². The molecule has 0 amide bonds. The summed E-state index contributed by atoms with van der Waals surface area (Å²) in [6, 6.07) is 17.4. The Bertz CT molecular complexity index is 800. The third-order valence-corrected chi connectivity index (χ3v) is 4.39. The molecule has 0 atom stereocenters. The maximum atomic E-state index is 2.30. The predicted octanol–water partition coefficient (Wildman–Crippen LogP) is 4.26. The van der Waals surface area contributed by atoms with E-state index in [1.54, 1.807) is 0 Å². The van der Waals surface area contributed by atoms with Crippen molar-refractivity contribution < 1.29 is 4.57 Å². The minimum Gasteiger partial charge on any atom is -0.198 e. The van der Waals surface area contributed by atoms with Crippen LogP contribution in [0.1, 0.15) is 16.8 Å². The lowest BCUT2D eigenvalue weighted by Gasteiger charge is -2.10. The van der Waals surface area contributed by atoms with Crippen LogP contribution < -0.4 is 4.57 Å². The van der Waals surface area contributed by atoms with Gasteiger partial charge in [0.25, 0.3) is 0 Å². The number of fused-ring (bicyclic) bond motifs is 1. The van der Waals surface area contributed by atoms with E-state index in [2.05, 4.69) is 80.9 Å². The lowest BCUT2D eigenvalue weighted by atomic mass is 9.98. The Balaban J connectivity index is 2.37. The Morgan fingerprint density at radius 1 is 0.850 bits per heavy atom. The molecule has 0 N–H and O–H groups in total. The third-order valence-electron chi connectivity index (χ3n) is 4.39. The molecule has 1 heteroatoms. The van der Waals surface area contributed by atoms with Crippen molar-refractivity contribution in [2.24, 2.45) is 7.05 Å². The van der Waals surface area contributed by atoms with Gasteiger partial charge in [0.15, 0.2) is 5.69 Å². The van der Waals surface area contributed by atoms with Crippen molar-refractivity contribution >= 4 is 10.8 Å². The largest absolute Gasteiger partial charge is 0.213 e. The van der Waals surface area contributed by atoms with Gasteiger partial charge in [-0.05, 0) is 42.5 Å². The van der Waals surface area contributed by atoms with E-state index in [1.807, 2.05) is 0 Å². The second-order valence-electron chi connectivity index (χ2n) is 5.51. The van der Waals surface area contributed by atoms with E-state index in [0.29, 0.717) is 0 Å². The van der Waals surface area contributed by atoms with Gasteiger partial charge in [-0.25, -0.2) is 0 Å². The van der Waals surface area contributed by atoms with Crippen molar-refractivity contribution in [3.05, 3.63) is 65.4 Å². The Morgan fingerprint density at radius 2 is 1.60 bits per heavy atom. The quantitative estimate of drug-likeness (QED) is 0.577. The molecule has 0 aliphatic heterocycles. The first kappa shape index (κ1) is 12.9. The van der Waals surface area contributed by atoms with E-state index in [9.17, 15) is 0 Å². The minimum absolute atomic E-state index is 1.28. The molecule has 3 rings (SSSR count). The molecule has 100 valence electrons. The molecule has 0 saturated heterocycles. The maximum Gasteiger partial charge on any atom is 0.213 e. The summed E-state index contributed by atoms with van der Waals surface area (Å²) in [5, 5.41) is 2.63. The Kier molecular flexibility index (Phi) is 3.06. The van der Waals surface area contributed by atoms with E-state index in [-0.39, 0.29) is 0 Å². The predicted molar refractivity (Wildman–Crippen MR) is 84.8 cm³/mol. The van der Waals surface area contributed by atoms with E-state index in [0.717, 1.165) is 0 Å². The number of aryl methyl sites for hydroxylation is 2. The zero-order valence-corrected chi connectivity index (χ0v) is 12.6. The number of pyridine rings is 1. The lowest BCUT2D eigenvalue weighted by molar-refractivity contribution is -0.665. The van der Waals surface area contributed by atoms with E-state index in [4.69, 9.17) is 0 Å². The van der Waals surface area contributed by atoms with E-state index in [1.165, 1.54) is 38.9 Å². The van der Waals surface area contributed by atoms with Gasteiger partial charge < -0.3 is 0 Å². The molecule has 0 saturated carbocycles. The molecule has 0 spiro atoms. The molecule has 0 bridgehead atoms. The van der Waals surface area contributed by atoms with Crippen LogP contribution in [0.3, 0.4) is 0 Å². The summed E-state index contributed by atoms with van der Waals surface area (Å²) in [6.45, 7) is 6.57. The van der Waals surface area contributed by atoms with Gasteiger partial charge in [0.2, 0.25) is 5.69 Å². The molecule has 1 heterocycles. The number of hydrogen-bond donors (Lipinski definition) is 0. The molecule has 0 aliphatic rings. The molecular weight excluding hydrogens is 242 g/mol. The highest BCUT2D eigenvalue weighted by Crippen LogP contribution is 2.26. The topological polar surface area (TPSA) is 3.88 Å². The van der Waals surface area contributed by atoms with Gasteiger partial charge in [-0.3, -0.25) is 0 Å². The van der Waals surface area contributed by atoms with Crippen LogP contribution in [0.4, 0.5) is 0 Å². The first-order valence-corrected chi connectivity index (χ1v) is 7.04. The number of benzene rings is 2. The summed E-state index contributed by atoms with van der Waals surface area (Å²) >= 11 is 0. The van der Waals surface area contributed by atoms with Gasteiger partial charge in [0.1, 0.15) is 7.05 Å². The molecule has 0 fully saturated rings. The van der Waals surface area contributed by atoms with Crippen LogP contribution in [0.2, 0.25) is 0 Å². The molecule has 0 aliphatic carbocycles. The molecule has 0 radical (unpaired) electrons. The maximum absolute atomic E-state index is 2.30. The number of nitrogens with zero attached hydrogens (tertiary/aromatic N) is 1. The minimum atomic E-state index is 1.28. The highest BCUT2D eigenvalue weighted by atomic mass is 14.9. The van der Waals surface area contributed by atoms with E-state index < -0.39 is 0 Å². The number of hydrogen-bond acceptors (Lipinski definition) is 0. The van der Waals surface area contributed by atoms with Gasteiger partial charge in [0, 0.05) is 23.9 Å². The van der Waals surface area contributed by atoms with Crippen molar-refractivity contribution in [1.82, 2.24) is 0 Å². The van der Waals surface area contributed by atoms with Crippen molar-refractivity contribution in [2.45, 2.75) is 20.8 Å². The summed E-state index contributed by atoms with van der Waals surface area (Å²) in [6.07, 6.45) is 0. The molecular formula is C19H20N+. The summed E-state index contributed by atoms with van der Waals surface area (Å²) in [7, 11) is 2.15. The van der Waals surface area contributed by atoms with Crippen LogP contribution in [0.25, 0.3) is 22.0 Å². The first-order chi connectivity index (χ1) is 9.59. The van der Waals surface area contributed by atoms with Crippen LogP contribution in [0, 0.1) is 20.8 Å². The Labute approximate surface area is 120 Å². The highest BCUT2D eigenvalue weighted by Gasteiger charge is 2.17. The van der Waals surface area contributed by atoms with Crippen LogP contribution in [-0.2, 0) is 7.05 Å². The monoisotopic (exact) mass is 262 g/mol. The molecule has 0 unspecified atom stereocenters. The normalized spacial score (nSPS) is 11.0. The second-order valence-corrected chi connectivity index (χ2v) is 5.51. The zero-order chi connectivity index (χ0) is 14.3. The lowest BCUT2D eigenvalue weighted by Crippen LogP contribution is -2.35. The molecule has 1 nitrogen and oxygen atoms in total. The van der Waals surface area contributed by atoms with E-state index >= 15 is 0 Å². The van der Waals surface area contributed by atoms with Crippen LogP contribution >= 0.6 is 0 Å². The summed E-state index contributed by atoms with van der Waals surface area (Å²) < 4.78 is 2.30. The van der Waals surface area contributed by atoms with Crippen LogP contribution in [0.5, 0.6) is 0 Å². The van der Waals surface area contributed by atoms with Gasteiger partial charge in [-0.1, -0.05) is 30.3 Å². The van der Waals surface area contributed by atoms with Crippen molar-refractivity contribution in [3.8, 4) is 11.3 Å². The smallest absolute Gasteiger partial charge is 0.198 e. The zero-order valence-electron chi connectivity index (χ0n) is 12.6. The molecule has 1 aromatic heterocycles. The van der Waals surface area contributed by atoms with Gasteiger partial charge in [0.05, 0.1) is 0 Å². The fourth-order valence-electron chi connectivity index (χ4n) is 2.84. The van der Waals surface area contributed by atoms with Gasteiger partial charge >= 0.3 is 0 Å². The summed E-state index contributed by atoms with van der Waals surface area (Å²) in [5.41, 5.74) is 6.61. The van der Waals surface area contributed by atoms with Gasteiger partial charge in [-0.2, -0.15) is 4.57 Å². The molecule has 2 aromatic carbocycles. The Hall–Kier alpha value is -2.15. The highest BCUT2D eigenvalue weighted by molar-refractivity contribution is 5.86. The third kappa shape index (κ3) is 1.90. The average molecular weight is 262 g/mol. The van der Waals surface area contributed by atoms with Crippen molar-refractivity contribution in [3.63, 3.8) is 0 Å². The van der Waals surface area contributed by atoms with Gasteiger partial charge in [-0.15, -0.1) is 0 Å². The van der Waals surface area contributed by atoms with Crippen LogP contribution in [-0.4, -0.2) is 0 Å².